The van der Waals surface area contributed by atoms with Crippen LogP contribution in [-0.2, 0) is 0 Å². The third kappa shape index (κ3) is 1.71. The van der Waals surface area contributed by atoms with Gasteiger partial charge in [0.2, 0.25) is 0 Å². The van der Waals surface area contributed by atoms with Crippen molar-refractivity contribution in [3.63, 3.8) is 0 Å². The fourth-order valence-corrected chi connectivity index (χ4v) is 2.11. The molecule has 1 aliphatic rings. The van der Waals surface area contributed by atoms with Crippen LogP contribution in [0.3, 0.4) is 0 Å². The minimum Gasteiger partial charge on any atom is -0.396 e. The van der Waals surface area contributed by atoms with E-state index >= 15 is 0 Å². The van der Waals surface area contributed by atoms with Gasteiger partial charge in [0.05, 0.1) is 0 Å². The zero-order valence-corrected chi connectivity index (χ0v) is 8.43. The molecule has 1 N–H and O–H groups in total. The van der Waals surface area contributed by atoms with E-state index in [1.165, 1.54) is 18.4 Å². The molecule has 0 saturated carbocycles. The second-order valence-electron chi connectivity index (χ2n) is 4.40. The second-order valence-corrected chi connectivity index (χ2v) is 4.40. The van der Waals surface area contributed by atoms with Crippen LogP contribution in [0.2, 0.25) is 0 Å². The smallest absolute Gasteiger partial charge is 0.0433 e. The minimum absolute atomic E-state index is 0.307. The lowest BCUT2D eigenvalue weighted by atomic mass is 9.67. The predicted molar refractivity (Wildman–Crippen MR) is 52.0 cm³/mol. The maximum atomic E-state index is 8.92. The lowest BCUT2D eigenvalue weighted by molar-refractivity contribution is 0.170. The van der Waals surface area contributed by atoms with Crippen molar-refractivity contribution < 1.29 is 5.11 Å². The molecule has 1 heteroatoms. The van der Waals surface area contributed by atoms with Gasteiger partial charge in [-0.25, -0.2) is 0 Å². The van der Waals surface area contributed by atoms with E-state index in [4.69, 9.17) is 5.11 Å². The molecule has 1 aliphatic carbocycles. The van der Waals surface area contributed by atoms with Gasteiger partial charge >= 0.3 is 0 Å². The first-order valence-corrected chi connectivity index (χ1v) is 4.87. The molecule has 1 nitrogen and oxygen atoms in total. The number of hydrogen-bond acceptors (Lipinski definition) is 1. The Hall–Kier alpha value is -0.300. The van der Waals surface area contributed by atoms with Crippen molar-refractivity contribution in [2.75, 3.05) is 6.61 Å². The van der Waals surface area contributed by atoms with Crippen molar-refractivity contribution in [1.82, 2.24) is 0 Å². The van der Waals surface area contributed by atoms with Crippen molar-refractivity contribution >= 4 is 0 Å². The van der Waals surface area contributed by atoms with E-state index in [0.29, 0.717) is 17.9 Å². The predicted octanol–water partition coefficient (Wildman–Crippen LogP) is 2.75. The normalized spacial score (nSPS) is 28.3. The third-order valence-electron chi connectivity index (χ3n) is 3.48. The van der Waals surface area contributed by atoms with E-state index in [9.17, 15) is 0 Å². The van der Waals surface area contributed by atoms with Gasteiger partial charge in [0.15, 0.2) is 0 Å². The SMILES string of the molecule is CC1=CCC[C@@H](CCO)C1(C)C. The van der Waals surface area contributed by atoms with Crippen molar-refractivity contribution in [2.24, 2.45) is 11.3 Å². The van der Waals surface area contributed by atoms with Crippen LogP contribution in [0.15, 0.2) is 11.6 Å². The Morgan fingerprint density at radius 3 is 2.83 bits per heavy atom. The summed E-state index contributed by atoms with van der Waals surface area (Å²) in [5.41, 5.74) is 1.80. The first-order valence-electron chi connectivity index (χ1n) is 4.87. The van der Waals surface area contributed by atoms with Crippen LogP contribution < -0.4 is 0 Å². The zero-order valence-electron chi connectivity index (χ0n) is 8.43. The maximum absolute atomic E-state index is 8.92. The Morgan fingerprint density at radius 2 is 2.25 bits per heavy atom. The highest BCUT2D eigenvalue weighted by Gasteiger charge is 2.32. The van der Waals surface area contributed by atoms with Gasteiger partial charge in [-0.05, 0) is 37.5 Å². The molecule has 0 amide bonds. The number of hydrogen-bond donors (Lipinski definition) is 1. The molecule has 0 aromatic rings. The van der Waals surface area contributed by atoms with E-state index in [0.717, 1.165) is 6.42 Å². The lowest BCUT2D eigenvalue weighted by Gasteiger charge is -2.38. The summed E-state index contributed by atoms with van der Waals surface area (Å²) >= 11 is 0. The summed E-state index contributed by atoms with van der Waals surface area (Å²) in [7, 11) is 0. The summed E-state index contributed by atoms with van der Waals surface area (Å²) in [6, 6.07) is 0. The average molecular weight is 168 g/mol. The number of aliphatic hydroxyl groups excluding tert-OH is 1. The van der Waals surface area contributed by atoms with Gasteiger partial charge in [0, 0.05) is 6.61 Å². The van der Waals surface area contributed by atoms with Gasteiger partial charge in [-0.15, -0.1) is 0 Å². The molecule has 1 rings (SSSR count). The molecule has 0 saturated heterocycles. The van der Waals surface area contributed by atoms with Gasteiger partial charge in [0.25, 0.3) is 0 Å². The second kappa shape index (κ2) is 3.61. The Bertz CT molecular complexity index is 179. The highest BCUT2D eigenvalue weighted by atomic mass is 16.3. The summed E-state index contributed by atoms with van der Waals surface area (Å²) < 4.78 is 0. The van der Waals surface area contributed by atoms with Crippen LogP contribution in [-0.4, -0.2) is 11.7 Å². The van der Waals surface area contributed by atoms with Gasteiger partial charge in [0.1, 0.15) is 0 Å². The van der Waals surface area contributed by atoms with Crippen molar-refractivity contribution in [3.8, 4) is 0 Å². The topological polar surface area (TPSA) is 20.2 Å². The fraction of sp³-hybridized carbons (Fsp3) is 0.818. The Morgan fingerprint density at radius 1 is 1.58 bits per heavy atom. The van der Waals surface area contributed by atoms with E-state index in [2.05, 4.69) is 26.8 Å². The standard InChI is InChI=1S/C11H20O/c1-9-5-4-6-10(7-8-12)11(9,2)3/h5,10,12H,4,6-8H2,1-3H3/t10-/m0/s1. The van der Waals surface area contributed by atoms with Gasteiger partial charge in [-0.1, -0.05) is 25.5 Å². The molecule has 0 aromatic heterocycles. The molecule has 0 spiro atoms. The van der Waals surface area contributed by atoms with E-state index < -0.39 is 0 Å². The van der Waals surface area contributed by atoms with Crippen molar-refractivity contribution in [1.29, 1.82) is 0 Å². The molecule has 0 heterocycles. The molecular formula is C11H20O. The van der Waals surface area contributed by atoms with Crippen molar-refractivity contribution in [2.45, 2.75) is 40.0 Å². The summed E-state index contributed by atoms with van der Waals surface area (Å²) in [5.74, 6) is 0.674. The maximum Gasteiger partial charge on any atom is 0.0433 e. The summed E-state index contributed by atoms with van der Waals surface area (Å²) in [5, 5.41) is 8.92. The fourth-order valence-electron chi connectivity index (χ4n) is 2.11. The molecule has 0 aliphatic heterocycles. The molecule has 0 bridgehead atoms. The minimum atomic E-state index is 0.307. The molecular weight excluding hydrogens is 148 g/mol. The van der Waals surface area contributed by atoms with Gasteiger partial charge < -0.3 is 5.11 Å². The number of allylic oxidation sites excluding steroid dienone is 2. The monoisotopic (exact) mass is 168 g/mol. The number of aliphatic hydroxyl groups is 1. The Labute approximate surface area is 75.5 Å². The van der Waals surface area contributed by atoms with E-state index in [-0.39, 0.29) is 0 Å². The molecule has 12 heavy (non-hydrogen) atoms. The lowest BCUT2D eigenvalue weighted by Crippen LogP contribution is -2.28. The third-order valence-corrected chi connectivity index (χ3v) is 3.48. The molecule has 1 atom stereocenters. The Kier molecular flexibility index (Phi) is 2.94. The molecule has 70 valence electrons. The first kappa shape index (κ1) is 9.79. The molecule has 0 fully saturated rings. The van der Waals surface area contributed by atoms with E-state index in [1.807, 2.05) is 0 Å². The zero-order chi connectivity index (χ0) is 9.19. The Balaban J connectivity index is 2.72. The quantitative estimate of drug-likeness (QED) is 0.629. The van der Waals surface area contributed by atoms with Crippen LogP contribution in [0.5, 0.6) is 0 Å². The summed E-state index contributed by atoms with van der Waals surface area (Å²) in [6.07, 6.45) is 5.73. The van der Waals surface area contributed by atoms with Crippen LogP contribution >= 0.6 is 0 Å². The van der Waals surface area contributed by atoms with Gasteiger partial charge in [-0.2, -0.15) is 0 Å². The average Bonchev–Trinajstić information content (AvgIpc) is 2.00. The largest absolute Gasteiger partial charge is 0.396 e. The van der Waals surface area contributed by atoms with Crippen LogP contribution in [0.1, 0.15) is 40.0 Å². The van der Waals surface area contributed by atoms with Gasteiger partial charge in [-0.3, -0.25) is 0 Å². The molecule has 0 unspecified atom stereocenters. The molecule has 0 radical (unpaired) electrons. The summed E-state index contributed by atoms with van der Waals surface area (Å²) in [6.45, 7) is 7.13. The van der Waals surface area contributed by atoms with Crippen LogP contribution in [0.4, 0.5) is 0 Å². The van der Waals surface area contributed by atoms with E-state index in [1.54, 1.807) is 0 Å². The highest BCUT2D eigenvalue weighted by Crippen LogP contribution is 2.42. The first-order chi connectivity index (χ1) is 5.59. The van der Waals surface area contributed by atoms with Crippen molar-refractivity contribution in [3.05, 3.63) is 11.6 Å². The van der Waals surface area contributed by atoms with Crippen LogP contribution in [0, 0.1) is 11.3 Å². The van der Waals surface area contributed by atoms with Crippen LogP contribution in [0.25, 0.3) is 0 Å². The summed E-state index contributed by atoms with van der Waals surface area (Å²) in [4.78, 5) is 0. The highest BCUT2D eigenvalue weighted by molar-refractivity contribution is 5.14. The molecule has 0 aromatic carbocycles. The number of rotatable bonds is 2.